The lowest BCUT2D eigenvalue weighted by Crippen LogP contribution is -2.24. The van der Waals surface area contributed by atoms with Crippen molar-refractivity contribution in [2.75, 3.05) is 18.0 Å². The lowest BCUT2D eigenvalue weighted by atomic mass is 10.2. The van der Waals surface area contributed by atoms with Crippen molar-refractivity contribution in [1.82, 2.24) is 0 Å². The molecule has 0 radical (unpaired) electrons. The number of alkyl halides is 1. The van der Waals surface area contributed by atoms with Gasteiger partial charge in [0.25, 0.3) is 0 Å². The van der Waals surface area contributed by atoms with Crippen LogP contribution in [0.5, 0.6) is 0 Å². The Morgan fingerprint density at radius 3 is 2.38 bits per heavy atom. The Morgan fingerprint density at radius 2 is 1.88 bits per heavy atom. The molecule has 0 aliphatic carbocycles. The third kappa shape index (κ3) is 2.88. The second kappa shape index (κ2) is 6.37. The Hall–Kier alpha value is -1.23. The van der Waals surface area contributed by atoms with Gasteiger partial charge in [-0.1, -0.05) is 33.6 Å². The van der Waals surface area contributed by atoms with Gasteiger partial charge in [-0.05, 0) is 12.1 Å². The van der Waals surface area contributed by atoms with Crippen LogP contribution in [-0.4, -0.2) is 13.1 Å². The smallest absolute Gasteiger partial charge is 0.106 e. The predicted molar refractivity (Wildman–Crippen MR) is 67.5 cm³/mol. The lowest BCUT2D eigenvalue weighted by Gasteiger charge is -2.21. The van der Waals surface area contributed by atoms with Gasteiger partial charge in [-0.25, -0.2) is 0 Å². The first kappa shape index (κ1) is 12.8. The first-order valence-corrected chi connectivity index (χ1v) is 6.06. The fourth-order valence-electron chi connectivity index (χ4n) is 1.37. The highest BCUT2D eigenvalue weighted by Gasteiger charge is 2.12. The number of rotatable bonds is 4. The molecule has 0 atom stereocenters. The number of halogens is 2. The van der Waals surface area contributed by atoms with Crippen molar-refractivity contribution < 1.29 is 0 Å². The van der Waals surface area contributed by atoms with Gasteiger partial charge in [0, 0.05) is 21.6 Å². The molecule has 1 aromatic rings. The van der Waals surface area contributed by atoms with Crippen molar-refractivity contribution in [3.63, 3.8) is 0 Å². The number of hydrogen-bond acceptors (Lipinski definition) is 3. The van der Waals surface area contributed by atoms with Crippen LogP contribution in [0.15, 0.2) is 18.2 Å². The summed E-state index contributed by atoms with van der Waals surface area (Å²) in [7, 11) is 0. The summed E-state index contributed by atoms with van der Waals surface area (Å²) in [6, 6.07) is 9.54. The van der Waals surface area contributed by atoms with E-state index >= 15 is 0 Å². The monoisotopic (exact) mass is 297 g/mol. The molecular weight excluding hydrogens is 289 g/mol. The summed E-state index contributed by atoms with van der Waals surface area (Å²) in [6.07, 6.45) is 0. The average Bonchev–Trinajstić information content (AvgIpc) is 2.28. The fraction of sp³-hybridized carbons (Fsp3) is 0.273. The van der Waals surface area contributed by atoms with E-state index in [9.17, 15) is 0 Å². The molecule has 0 unspecified atom stereocenters. The highest BCUT2D eigenvalue weighted by atomic mass is 79.9. The second-order valence-electron chi connectivity index (χ2n) is 3.04. The molecule has 0 aliphatic rings. The normalized spacial score (nSPS) is 9.25. The molecule has 0 spiro atoms. The Labute approximate surface area is 108 Å². The van der Waals surface area contributed by atoms with Gasteiger partial charge in [0.05, 0.1) is 12.1 Å². The van der Waals surface area contributed by atoms with E-state index in [-0.39, 0.29) is 13.1 Å². The molecule has 0 aromatic heterocycles. The van der Waals surface area contributed by atoms with Gasteiger partial charge >= 0.3 is 0 Å². The zero-order valence-corrected chi connectivity index (χ0v) is 10.8. The molecule has 0 aliphatic heterocycles. The molecule has 0 amide bonds. The minimum Gasteiger partial charge on any atom is -0.345 e. The Kier molecular flexibility index (Phi) is 5.11. The van der Waals surface area contributed by atoms with E-state index in [0.29, 0.717) is 10.4 Å². The number of hydrogen-bond donors (Lipinski definition) is 0. The van der Waals surface area contributed by atoms with Gasteiger partial charge in [-0.2, -0.15) is 10.5 Å². The third-order valence-corrected chi connectivity index (χ3v) is 3.01. The van der Waals surface area contributed by atoms with E-state index in [0.717, 1.165) is 11.3 Å². The van der Waals surface area contributed by atoms with Crippen molar-refractivity contribution in [2.45, 2.75) is 5.33 Å². The van der Waals surface area contributed by atoms with Gasteiger partial charge in [0.15, 0.2) is 0 Å². The third-order valence-electron chi connectivity index (χ3n) is 2.09. The Balaban J connectivity index is 3.14. The molecule has 16 heavy (non-hydrogen) atoms. The molecule has 0 N–H and O–H groups in total. The van der Waals surface area contributed by atoms with Crippen LogP contribution in [0.25, 0.3) is 0 Å². The van der Waals surface area contributed by atoms with Gasteiger partial charge < -0.3 is 4.90 Å². The molecule has 82 valence electrons. The predicted octanol–water partition coefficient (Wildman–Crippen LogP) is 3.09. The van der Waals surface area contributed by atoms with Crippen molar-refractivity contribution >= 4 is 33.2 Å². The van der Waals surface area contributed by atoms with Crippen LogP contribution in [0, 0.1) is 22.7 Å². The van der Waals surface area contributed by atoms with Crippen LogP contribution in [0.2, 0.25) is 5.02 Å². The maximum atomic E-state index is 8.71. The summed E-state index contributed by atoms with van der Waals surface area (Å²) in [5, 5.41) is 18.7. The van der Waals surface area contributed by atoms with Crippen molar-refractivity contribution in [3.8, 4) is 12.1 Å². The van der Waals surface area contributed by atoms with E-state index in [1.165, 1.54) is 0 Å². The summed E-state index contributed by atoms with van der Waals surface area (Å²) >= 11 is 9.40. The molecule has 0 bridgehead atoms. The summed E-state index contributed by atoms with van der Waals surface area (Å²) in [6.45, 7) is 0.349. The van der Waals surface area contributed by atoms with Crippen LogP contribution in [-0.2, 0) is 5.33 Å². The average molecular weight is 299 g/mol. The molecule has 3 nitrogen and oxygen atoms in total. The SMILES string of the molecule is N#CCN(CC#N)c1cccc(Cl)c1CBr. The first-order chi connectivity index (χ1) is 7.74. The lowest BCUT2D eigenvalue weighted by molar-refractivity contribution is 0.958. The number of anilines is 1. The molecular formula is C11H9BrClN3. The maximum Gasteiger partial charge on any atom is 0.106 e. The molecule has 5 heteroatoms. The molecule has 1 aromatic carbocycles. The summed E-state index contributed by atoms with van der Waals surface area (Å²) in [5.74, 6) is 0. The van der Waals surface area contributed by atoms with E-state index in [4.69, 9.17) is 22.1 Å². The minimum atomic E-state index is 0.175. The largest absolute Gasteiger partial charge is 0.345 e. The molecule has 0 heterocycles. The van der Waals surface area contributed by atoms with Crippen LogP contribution in [0.1, 0.15) is 5.56 Å². The van der Waals surface area contributed by atoms with E-state index in [1.807, 2.05) is 24.3 Å². The zero-order valence-electron chi connectivity index (χ0n) is 8.45. The summed E-state index contributed by atoms with van der Waals surface area (Å²) in [5.41, 5.74) is 1.72. The second-order valence-corrected chi connectivity index (χ2v) is 4.01. The molecule has 1 rings (SSSR count). The topological polar surface area (TPSA) is 50.8 Å². The fourth-order valence-corrected chi connectivity index (χ4v) is 2.36. The Bertz CT molecular complexity index is 432. The summed E-state index contributed by atoms with van der Waals surface area (Å²) < 4.78 is 0. The quantitative estimate of drug-likeness (QED) is 0.634. The highest BCUT2D eigenvalue weighted by molar-refractivity contribution is 9.08. The zero-order chi connectivity index (χ0) is 12.0. The van der Waals surface area contributed by atoms with Gasteiger partial charge in [-0.15, -0.1) is 0 Å². The number of nitrogens with zero attached hydrogens (tertiary/aromatic N) is 3. The number of benzene rings is 1. The summed E-state index contributed by atoms with van der Waals surface area (Å²) in [4.78, 5) is 1.70. The highest BCUT2D eigenvalue weighted by Crippen LogP contribution is 2.29. The van der Waals surface area contributed by atoms with E-state index in [1.54, 1.807) is 11.0 Å². The van der Waals surface area contributed by atoms with E-state index < -0.39 is 0 Å². The Morgan fingerprint density at radius 1 is 1.25 bits per heavy atom. The van der Waals surface area contributed by atoms with Crippen molar-refractivity contribution in [3.05, 3.63) is 28.8 Å². The minimum absolute atomic E-state index is 0.175. The number of nitriles is 2. The van der Waals surface area contributed by atoms with Gasteiger partial charge in [-0.3, -0.25) is 0 Å². The van der Waals surface area contributed by atoms with Gasteiger partial charge in [0.2, 0.25) is 0 Å². The maximum absolute atomic E-state index is 8.71. The van der Waals surface area contributed by atoms with E-state index in [2.05, 4.69) is 15.9 Å². The van der Waals surface area contributed by atoms with Gasteiger partial charge in [0.1, 0.15) is 13.1 Å². The van der Waals surface area contributed by atoms with Crippen LogP contribution in [0.3, 0.4) is 0 Å². The van der Waals surface area contributed by atoms with Crippen LogP contribution in [0.4, 0.5) is 5.69 Å². The standard InChI is InChI=1S/C11H9BrClN3/c12-8-9-10(13)2-1-3-11(9)16(6-4-14)7-5-15/h1-3H,6-8H2. The van der Waals surface area contributed by atoms with Crippen molar-refractivity contribution in [2.24, 2.45) is 0 Å². The van der Waals surface area contributed by atoms with Crippen LogP contribution >= 0.6 is 27.5 Å². The molecule has 0 saturated heterocycles. The molecule has 0 fully saturated rings. The van der Waals surface area contributed by atoms with Crippen LogP contribution < -0.4 is 4.90 Å². The first-order valence-electron chi connectivity index (χ1n) is 4.56. The molecule has 0 saturated carbocycles. The van der Waals surface area contributed by atoms with Crippen molar-refractivity contribution in [1.29, 1.82) is 10.5 Å².